The Morgan fingerprint density at radius 2 is 2.00 bits per heavy atom. The first kappa shape index (κ1) is 15.0. The van der Waals surface area contributed by atoms with Crippen LogP contribution in [-0.4, -0.2) is 28.9 Å². The summed E-state index contributed by atoms with van der Waals surface area (Å²) in [6.07, 6.45) is 1.59. The molecule has 0 spiro atoms. The average Bonchev–Trinajstić information content (AvgIpc) is 2.57. The molecule has 3 rings (SSSR count). The first-order valence-electron chi connectivity index (χ1n) is 7.38. The lowest BCUT2D eigenvalue weighted by atomic mass is 10.0. The average molecular weight is 311 g/mol. The molecule has 0 saturated heterocycles. The number of carbonyl (C=O) groups excluding carboxylic acids is 2. The zero-order valence-electron chi connectivity index (χ0n) is 12.9. The fourth-order valence-corrected chi connectivity index (χ4v) is 2.49. The van der Waals surface area contributed by atoms with Crippen LogP contribution in [0.15, 0.2) is 48.7 Å². The van der Waals surface area contributed by atoms with Crippen LogP contribution in [0.4, 0.5) is 11.5 Å². The van der Waals surface area contributed by atoms with Gasteiger partial charge in [0.25, 0.3) is 17.4 Å². The molecular weight excluding hydrogens is 294 g/mol. The van der Waals surface area contributed by atoms with E-state index in [0.717, 1.165) is 0 Å². The lowest BCUT2D eigenvalue weighted by molar-refractivity contribution is -0.145. The van der Waals surface area contributed by atoms with E-state index in [0.29, 0.717) is 23.8 Å². The Balaban J connectivity index is 1.95. The number of benzene rings is 1. The zero-order chi connectivity index (χ0) is 16.4. The fourth-order valence-electron chi connectivity index (χ4n) is 2.49. The van der Waals surface area contributed by atoms with E-state index in [4.69, 9.17) is 4.74 Å². The number of pyridine rings is 1. The summed E-state index contributed by atoms with van der Waals surface area (Å²) in [5, 5.41) is 2.73. The zero-order valence-corrected chi connectivity index (χ0v) is 12.9. The number of amides is 2. The number of para-hydroxylation sites is 1. The Bertz CT molecular complexity index is 748. The van der Waals surface area contributed by atoms with E-state index in [-0.39, 0.29) is 0 Å². The van der Waals surface area contributed by atoms with Gasteiger partial charge in [0.05, 0.1) is 0 Å². The van der Waals surface area contributed by atoms with Crippen LogP contribution in [0, 0.1) is 0 Å². The van der Waals surface area contributed by atoms with Crippen molar-refractivity contribution >= 4 is 23.3 Å². The van der Waals surface area contributed by atoms with Gasteiger partial charge in [0.1, 0.15) is 0 Å². The number of likely N-dealkylation sites (N-methyl/N-ethyl adjacent to an activating group) is 1. The number of carbonyl (C=O) groups is 2. The maximum Gasteiger partial charge on any atom is 0.282 e. The van der Waals surface area contributed by atoms with Crippen LogP contribution in [0.1, 0.15) is 13.8 Å². The number of anilines is 2. The molecule has 1 aliphatic heterocycles. The minimum Gasteiger partial charge on any atom is -0.464 e. The van der Waals surface area contributed by atoms with Gasteiger partial charge in [0.15, 0.2) is 11.6 Å². The summed E-state index contributed by atoms with van der Waals surface area (Å²) in [4.78, 5) is 31.1. The third kappa shape index (κ3) is 2.52. The third-order valence-corrected chi connectivity index (χ3v) is 3.76. The minimum atomic E-state index is -1.64. The Morgan fingerprint density at radius 3 is 2.70 bits per heavy atom. The van der Waals surface area contributed by atoms with Crippen molar-refractivity contribution in [1.29, 1.82) is 0 Å². The molecule has 0 aliphatic carbocycles. The molecule has 2 amide bonds. The van der Waals surface area contributed by atoms with Gasteiger partial charge < -0.3 is 10.1 Å². The maximum absolute atomic E-state index is 12.8. The number of fused-ring (bicyclic) bond motifs is 1. The van der Waals surface area contributed by atoms with Crippen LogP contribution in [-0.2, 0) is 9.59 Å². The molecule has 1 atom stereocenters. The summed E-state index contributed by atoms with van der Waals surface area (Å²) in [6, 6.07) is 12.4. The Labute approximate surface area is 134 Å². The second kappa shape index (κ2) is 5.72. The predicted octanol–water partition coefficient (Wildman–Crippen LogP) is 2.22. The van der Waals surface area contributed by atoms with Gasteiger partial charge in [-0.3, -0.25) is 14.5 Å². The molecule has 0 bridgehead atoms. The number of rotatable bonds is 3. The van der Waals surface area contributed by atoms with Crippen molar-refractivity contribution in [1.82, 2.24) is 4.98 Å². The van der Waals surface area contributed by atoms with Crippen molar-refractivity contribution in [3.63, 3.8) is 0 Å². The van der Waals surface area contributed by atoms with Crippen molar-refractivity contribution in [3.8, 4) is 5.75 Å². The van der Waals surface area contributed by atoms with E-state index in [1.807, 2.05) is 13.0 Å². The summed E-state index contributed by atoms with van der Waals surface area (Å²) in [5.41, 5.74) is -1.03. The SMILES string of the molecule is CCN1C(=O)C(C)(C(=O)Nc2ccccc2)Oc2cccnc21. The summed E-state index contributed by atoms with van der Waals surface area (Å²) in [7, 11) is 0. The van der Waals surface area contributed by atoms with Crippen LogP contribution >= 0.6 is 0 Å². The summed E-state index contributed by atoms with van der Waals surface area (Å²) < 4.78 is 5.73. The first-order chi connectivity index (χ1) is 11.1. The van der Waals surface area contributed by atoms with Crippen LogP contribution in [0.5, 0.6) is 5.75 Å². The van der Waals surface area contributed by atoms with E-state index in [9.17, 15) is 9.59 Å². The molecule has 0 radical (unpaired) electrons. The van der Waals surface area contributed by atoms with Gasteiger partial charge in [-0.05, 0) is 38.1 Å². The van der Waals surface area contributed by atoms with Crippen LogP contribution in [0.25, 0.3) is 0 Å². The van der Waals surface area contributed by atoms with Crippen molar-refractivity contribution < 1.29 is 14.3 Å². The van der Waals surface area contributed by atoms with Crippen LogP contribution < -0.4 is 15.0 Å². The summed E-state index contributed by atoms with van der Waals surface area (Å²) >= 11 is 0. The molecule has 1 aromatic carbocycles. The number of ether oxygens (including phenoxy) is 1. The van der Waals surface area contributed by atoms with Crippen molar-refractivity contribution in [2.24, 2.45) is 0 Å². The molecule has 23 heavy (non-hydrogen) atoms. The molecule has 6 heteroatoms. The second-order valence-corrected chi connectivity index (χ2v) is 5.33. The van der Waals surface area contributed by atoms with Gasteiger partial charge in [-0.15, -0.1) is 0 Å². The largest absolute Gasteiger partial charge is 0.464 e. The lowest BCUT2D eigenvalue weighted by Crippen LogP contribution is -2.60. The highest BCUT2D eigenvalue weighted by molar-refractivity contribution is 6.19. The van der Waals surface area contributed by atoms with E-state index < -0.39 is 17.4 Å². The molecule has 2 heterocycles. The third-order valence-electron chi connectivity index (χ3n) is 3.76. The maximum atomic E-state index is 12.8. The molecule has 6 nitrogen and oxygen atoms in total. The molecule has 1 aliphatic rings. The Hall–Kier alpha value is -2.89. The molecule has 1 unspecified atom stereocenters. The Morgan fingerprint density at radius 1 is 1.26 bits per heavy atom. The van der Waals surface area contributed by atoms with Gasteiger partial charge in [0, 0.05) is 18.4 Å². The molecular formula is C17H17N3O3. The van der Waals surface area contributed by atoms with Gasteiger partial charge in [0.2, 0.25) is 0 Å². The van der Waals surface area contributed by atoms with Crippen LogP contribution in [0.3, 0.4) is 0 Å². The number of hydrogen-bond acceptors (Lipinski definition) is 4. The Kier molecular flexibility index (Phi) is 3.73. The first-order valence-corrected chi connectivity index (χ1v) is 7.38. The smallest absolute Gasteiger partial charge is 0.282 e. The van der Waals surface area contributed by atoms with E-state index in [2.05, 4.69) is 10.3 Å². The van der Waals surface area contributed by atoms with Crippen molar-refractivity contribution in [2.45, 2.75) is 19.4 Å². The van der Waals surface area contributed by atoms with E-state index >= 15 is 0 Å². The number of nitrogens with zero attached hydrogens (tertiary/aromatic N) is 2. The second-order valence-electron chi connectivity index (χ2n) is 5.33. The topological polar surface area (TPSA) is 71.5 Å². The van der Waals surface area contributed by atoms with Gasteiger partial charge >= 0.3 is 0 Å². The monoisotopic (exact) mass is 311 g/mol. The fraction of sp³-hybridized carbons (Fsp3) is 0.235. The number of hydrogen-bond donors (Lipinski definition) is 1. The van der Waals surface area contributed by atoms with Gasteiger partial charge in [-0.1, -0.05) is 18.2 Å². The standard InChI is InChI=1S/C17H17N3O3/c1-3-20-14-13(10-7-11-18-14)23-17(2,16(20)22)15(21)19-12-8-5-4-6-9-12/h4-11H,3H2,1-2H3,(H,19,21). The lowest BCUT2D eigenvalue weighted by Gasteiger charge is -2.38. The van der Waals surface area contributed by atoms with Gasteiger partial charge in [-0.2, -0.15) is 0 Å². The summed E-state index contributed by atoms with van der Waals surface area (Å²) in [6.45, 7) is 3.71. The van der Waals surface area contributed by atoms with Gasteiger partial charge in [-0.25, -0.2) is 4.98 Å². The highest BCUT2D eigenvalue weighted by atomic mass is 16.5. The number of nitrogens with one attached hydrogen (secondary N) is 1. The molecule has 1 aromatic heterocycles. The molecule has 0 fully saturated rings. The summed E-state index contributed by atoms with van der Waals surface area (Å²) in [5.74, 6) is -0.0917. The van der Waals surface area contributed by atoms with Crippen LogP contribution in [0.2, 0.25) is 0 Å². The van der Waals surface area contributed by atoms with E-state index in [1.165, 1.54) is 11.8 Å². The molecule has 2 aromatic rings. The highest BCUT2D eigenvalue weighted by Crippen LogP contribution is 2.36. The molecule has 1 N–H and O–H groups in total. The van der Waals surface area contributed by atoms with Crippen molar-refractivity contribution in [2.75, 3.05) is 16.8 Å². The van der Waals surface area contributed by atoms with E-state index in [1.54, 1.807) is 42.6 Å². The predicted molar refractivity (Wildman–Crippen MR) is 86.4 cm³/mol. The quantitative estimate of drug-likeness (QED) is 0.882. The normalized spacial score (nSPS) is 19.7. The highest BCUT2D eigenvalue weighted by Gasteiger charge is 2.50. The molecule has 0 saturated carbocycles. The molecule has 118 valence electrons. The minimum absolute atomic E-state index is 0.403. The van der Waals surface area contributed by atoms with Crippen molar-refractivity contribution in [3.05, 3.63) is 48.7 Å². The number of aromatic nitrogens is 1.